The minimum absolute atomic E-state index is 0.0573. The number of rotatable bonds is 4. The fourth-order valence-corrected chi connectivity index (χ4v) is 1.59. The molecule has 0 heterocycles. The number of hydrogen-bond donors (Lipinski definition) is 1. The van der Waals surface area contributed by atoms with Gasteiger partial charge in [-0.3, -0.25) is 4.79 Å². The van der Waals surface area contributed by atoms with Gasteiger partial charge in [-0.15, -0.1) is 0 Å². The van der Waals surface area contributed by atoms with Crippen molar-refractivity contribution in [3.63, 3.8) is 0 Å². The molecule has 0 saturated heterocycles. The number of ether oxygens (including phenoxy) is 1. The number of carbonyl (C=O) groups is 1. The van der Waals surface area contributed by atoms with Gasteiger partial charge in [0.1, 0.15) is 17.1 Å². The van der Waals surface area contributed by atoms with E-state index in [0.717, 1.165) is 0 Å². The predicted molar refractivity (Wildman–Crippen MR) is 63.6 cm³/mol. The number of methoxy groups -OCH3 is 1. The molecule has 0 fully saturated rings. The van der Waals surface area contributed by atoms with Crippen molar-refractivity contribution in [3.8, 4) is 5.75 Å². The molecule has 5 heteroatoms. The van der Waals surface area contributed by atoms with Crippen LogP contribution in [0, 0.1) is 5.82 Å². The van der Waals surface area contributed by atoms with E-state index in [1.165, 1.54) is 24.1 Å². The van der Waals surface area contributed by atoms with Crippen LogP contribution in [0.25, 0.3) is 0 Å². The van der Waals surface area contributed by atoms with Gasteiger partial charge >= 0.3 is 0 Å². The second kappa shape index (κ2) is 5.63. The molecule has 0 bridgehead atoms. The van der Waals surface area contributed by atoms with E-state index in [1.807, 2.05) is 0 Å². The van der Waals surface area contributed by atoms with Gasteiger partial charge in [0, 0.05) is 19.6 Å². The van der Waals surface area contributed by atoms with E-state index in [-0.39, 0.29) is 17.4 Å². The number of likely N-dealkylation sites (N-methyl/N-ethyl adjacent to an activating group) is 1. The molecule has 1 amide bonds. The summed E-state index contributed by atoms with van der Waals surface area (Å²) in [5.41, 5.74) is 5.54. The number of benzene rings is 1. The van der Waals surface area contributed by atoms with E-state index in [0.29, 0.717) is 6.54 Å². The third kappa shape index (κ3) is 3.17. The summed E-state index contributed by atoms with van der Waals surface area (Å²) in [6.07, 6.45) is 0. The van der Waals surface area contributed by atoms with Crippen molar-refractivity contribution in [3.05, 3.63) is 29.6 Å². The first-order chi connectivity index (χ1) is 7.97. The van der Waals surface area contributed by atoms with Crippen molar-refractivity contribution in [2.45, 2.75) is 13.0 Å². The highest BCUT2D eigenvalue weighted by molar-refractivity contribution is 5.97. The molecule has 0 saturated carbocycles. The van der Waals surface area contributed by atoms with Crippen molar-refractivity contribution in [1.29, 1.82) is 0 Å². The molecule has 1 atom stereocenters. The maximum Gasteiger partial charge on any atom is 0.260 e. The van der Waals surface area contributed by atoms with Crippen LogP contribution in [0.15, 0.2) is 18.2 Å². The van der Waals surface area contributed by atoms with Crippen molar-refractivity contribution < 1.29 is 13.9 Å². The summed E-state index contributed by atoms with van der Waals surface area (Å²) in [5, 5.41) is 0. The summed E-state index contributed by atoms with van der Waals surface area (Å²) >= 11 is 0. The molecular weight excluding hydrogens is 223 g/mol. The van der Waals surface area contributed by atoms with Crippen LogP contribution >= 0.6 is 0 Å². The third-order valence-corrected chi connectivity index (χ3v) is 2.32. The monoisotopic (exact) mass is 240 g/mol. The number of nitrogens with two attached hydrogens (primary N) is 1. The van der Waals surface area contributed by atoms with Gasteiger partial charge in [-0.1, -0.05) is 6.07 Å². The molecular formula is C12H17FN2O2. The molecule has 1 aromatic carbocycles. The third-order valence-electron chi connectivity index (χ3n) is 2.32. The van der Waals surface area contributed by atoms with Crippen molar-refractivity contribution >= 4 is 5.91 Å². The van der Waals surface area contributed by atoms with Gasteiger partial charge < -0.3 is 15.4 Å². The average molecular weight is 240 g/mol. The van der Waals surface area contributed by atoms with Gasteiger partial charge in [-0.2, -0.15) is 0 Å². The Labute approximate surface area is 100 Å². The van der Waals surface area contributed by atoms with Crippen molar-refractivity contribution in [1.82, 2.24) is 4.90 Å². The van der Waals surface area contributed by atoms with Crippen molar-refractivity contribution in [2.75, 3.05) is 20.7 Å². The molecule has 4 nitrogen and oxygen atoms in total. The Balaban J connectivity index is 3.03. The number of halogens is 1. The number of hydrogen-bond acceptors (Lipinski definition) is 3. The predicted octanol–water partition coefficient (Wildman–Crippen LogP) is 1.25. The minimum atomic E-state index is -0.592. The average Bonchev–Trinajstić information content (AvgIpc) is 2.26. The summed E-state index contributed by atoms with van der Waals surface area (Å²) < 4.78 is 18.6. The van der Waals surface area contributed by atoms with Gasteiger partial charge in [0.05, 0.1) is 7.11 Å². The Hall–Kier alpha value is -1.62. The SMILES string of the molecule is COc1cccc(F)c1C(=O)N(C)CC(C)N. The standard InChI is InChI=1S/C12H17FN2O2/c1-8(14)7-15(2)12(16)11-9(13)5-4-6-10(11)17-3/h4-6,8H,7,14H2,1-3H3. The molecule has 0 radical (unpaired) electrons. The zero-order valence-corrected chi connectivity index (χ0v) is 10.2. The van der Waals surface area contributed by atoms with Gasteiger partial charge in [-0.25, -0.2) is 4.39 Å². The smallest absolute Gasteiger partial charge is 0.260 e. The number of amides is 1. The van der Waals surface area contributed by atoms with Crippen molar-refractivity contribution in [2.24, 2.45) is 5.73 Å². The van der Waals surface area contributed by atoms with Crippen LogP contribution in [0.1, 0.15) is 17.3 Å². The maximum atomic E-state index is 13.6. The van der Waals surface area contributed by atoms with Crippen LogP contribution in [-0.2, 0) is 0 Å². The van der Waals surface area contributed by atoms with E-state index in [2.05, 4.69) is 0 Å². The molecule has 1 aromatic rings. The lowest BCUT2D eigenvalue weighted by Crippen LogP contribution is -2.37. The first kappa shape index (κ1) is 13.4. The summed E-state index contributed by atoms with van der Waals surface area (Å²) in [4.78, 5) is 13.4. The minimum Gasteiger partial charge on any atom is -0.496 e. The topological polar surface area (TPSA) is 55.6 Å². The Bertz CT molecular complexity index is 407. The van der Waals surface area contributed by atoms with Crippen LogP contribution in [0.4, 0.5) is 4.39 Å². The van der Waals surface area contributed by atoms with E-state index in [4.69, 9.17) is 10.5 Å². The highest BCUT2D eigenvalue weighted by Gasteiger charge is 2.21. The Morgan fingerprint density at radius 3 is 2.76 bits per heavy atom. The van der Waals surface area contributed by atoms with E-state index >= 15 is 0 Å². The van der Waals surface area contributed by atoms with E-state index in [9.17, 15) is 9.18 Å². The molecule has 2 N–H and O–H groups in total. The lowest BCUT2D eigenvalue weighted by Gasteiger charge is -2.20. The molecule has 0 aliphatic heterocycles. The van der Waals surface area contributed by atoms with Crippen LogP contribution in [-0.4, -0.2) is 37.6 Å². The summed E-state index contributed by atoms with van der Waals surface area (Å²) in [5.74, 6) is -0.797. The van der Waals surface area contributed by atoms with E-state index < -0.39 is 11.7 Å². The van der Waals surface area contributed by atoms with Gasteiger partial charge in [0.25, 0.3) is 5.91 Å². The lowest BCUT2D eigenvalue weighted by atomic mass is 10.1. The summed E-state index contributed by atoms with van der Waals surface area (Å²) in [7, 11) is 2.98. The fourth-order valence-electron chi connectivity index (χ4n) is 1.59. The Morgan fingerprint density at radius 2 is 2.24 bits per heavy atom. The largest absolute Gasteiger partial charge is 0.496 e. The summed E-state index contributed by atoms with van der Waals surface area (Å²) in [6, 6.07) is 4.11. The molecule has 94 valence electrons. The Morgan fingerprint density at radius 1 is 1.59 bits per heavy atom. The number of nitrogens with zero attached hydrogens (tertiary/aromatic N) is 1. The second-order valence-electron chi connectivity index (χ2n) is 3.98. The second-order valence-corrected chi connectivity index (χ2v) is 3.98. The normalized spacial score (nSPS) is 12.1. The number of carbonyl (C=O) groups excluding carboxylic acids is 1. The molecule has 0 aliphatic rings. The van der Waals surface area contributed by atoms with Crippen LogP contribution in [0.2, 0.25) is 0 Å². The zero-order chi connectivity index (χ0) is 13.0. The molecule has 1 unspecified atom stereocenters. The van der Waals surface area contributed by atoms with E-state index in [1.54, 1.807) is 20.0 Å². The van der Waals surface area contributed by atoms with Gasteiger partial charge in [0.15, 0.2) is 0 Å². The molecule has 17 heavy (non-hydrogen) atoms. The first-order valence-corrected chi connectivity index (χ1v) is 5.31. The van der Waals surface area contributed by atoms with Crippen LogP contribution < -0.4 is 10.5 Å². The maximum absolute atomic E-state index is 13.6. The molecule has 0 aromatic heterocycles. The van der Waals surface area contributed by atoms with Gasteiger partial charge in [-0.05, 0) is 19.1 Å². The highest BCUT2D eigenvalue weighted by Crippen LogP contribution is 2.22. The molecule has 1 rings (SSSR count). The molecule has 0 spiro atoms. The van der Waals surface area contributed by atoms with Gasteiger partial charge in [0.2, 0.25) is 0 Å². The Kier molecular flexibility index (Phi) is 4.45. The van der Waals surface area contributed by atoms with Crippen LogP contribution in [0.3, 0.4) is 0 Å². The lowest BCUT2D eigenvalue weighted by molar-refractivity contribution is 0.0780. The van der Waals surface area contributed by atoms with Crippen LogP contribution in [0.5, 0.6) is 5.75 Å². The highest BCUT2D eigenvalue weighted by atomic mass is 19.1. The summed E-state index contributed by atoms with van der Waals surface area (Å²) in [6.45, 7) is 2.14. The zero-order valence-electron chi connectivity index (χ0n) is 10.2. The quantitative estimate of drug-likeness (QED) is 0.861. The first-order valence-electron chi connectivity index (χ1n) is 5.31. The molecule has 0 aliphatic carbocycles. The fraction of sp³-hybridized carbons (Fsp3) is 0.417.